The van der Waals surface area contributed by atoms with Gasteiger partial charge in [-0.2, -0.15) is 0 Å². The van der Waals surface area contributed by atoms with E-state index in [4.69, 9.17) is 0 Å². The van der Waals surface area contributed by atoms with Crippen LogP contribution in [0, 0.1) is 11.8 Å². The molecule has 0 aromatic carbocycles. The normalized spacial score (nSPS) is 34.9. The Labute approximate surface area is 118 Å². The molecule has 0 amide bonds. The first kappa shape index (κ1) is 15.3. The fourth-order valence-electron chi connectivity index (χ4n) is 4.07. The van der Waals surface area contributed by atoms with Crippen LogP contribution in [-0.2, 0) is 0 Å². The first-order valence-electron chi connectivity index (χ1n) is 8.11. The molecule has 19 heavy (non-hydrogen) atoms. The highest BCUT2D eigenvalue weighted by molar-refractivity contribution is 4.88. The van der Waals surface area contributed by atoms with Gasteiger partial charge in [0.2, 0.25) is 0 Å². The Morgan fingerprint density at radius 1 is 1.21 bits per heavy atom. The molecule has 112 valence electrons. The van der Waals surface area contributed by atoms with Crippen LogP contribution in [-0.4, -0.2) is 47.0 Å². The highest BCUT2D eigenvalue weighted by atomic mass is 16.3. The molecule has 2 N–H and O–H groups in total. The Bertz CT molecular complexity index is 276. The molecule has 0 radical (unpaired) electrons. The summed E-state index contributed by atoms with van der Waals surface area (Å²) < 4.78 is 0. The maximum Gasteiger partial charge on any atom is 0.0774 e. The zero-order valence-electron chi connectivity index (χ0n) is 12.6. The molecule has 2 aliphatic carbocycles. The van der Waals surface area contributed by atoms with Gasteiger partial charge in [-0.1, -0.05) is 26.2 Å². The fourth-order valence-corrected chi connectivity index (χ4v) is 4.07. The Balaban J connectivity index is 1.81. The third-order valence-electron chi connectivity index (χ3n) is 5.27. The first-order chi connectivity index (χ1) is 9.02. The summed E-state index contributed by atoms with van der Waals surface area (Å²) in [6, 6.07) is 0. The van der Waals surface area contributed by atoms with Gasteiger partial charge in [0.1, 0.15) is 0 Å². The van der Waals surface area contributed by atoms with Crippen molar-refractivity contribution in [3.05, 3.63) is 0 Å². The molecule has 0 bridgehead atoms. The molecule has 3 atom stereocenters. The summed E-state index contributed by atoms with van der Waals surface area (Å²) in [5.74, 6) is 1.19. The molecule has 2 fully saturated rings. The van der Waals surface area contributed by atoms with Gasteiger partial charge in [-0.3, -0.25) is 0 Å². The van der Waals surface area contributed by atoms with Crippen LogP contribution in [0.3, 0.4) is 0 Å². The lowest BCUT2D eigenvalue weighted by atomic mass is 9.78. The highest BCUT2D eigenvalue weighted by Crippen LogP contribution is 2.33. The summed E-state index contributed by atoms with van der Waals surface area (Å²) in [4.78, 5) is 2.25. The number of aliphatic hydroxyl groups excluding tert-OH is 1. The molecule has 0 aliphatic heterocycles. The van der Waals surface area contributed by atoms with E-state index in [0.29, 0.717) is 5.92 Å². The van der Waals surface area contributed by atoms with Crippen LogP contribution in [0.1, 0.15) is 58.3 Å². The number of aliphatic hydroxyl groups is 2. The van der Waals surface area contributed by atoms with Crippen LogP contribution < -0.4 is 0 Å². The zero-order valence-corrected chi connectivity index (χ0v) is 12.6. The van der Waals surface area contributed by atoms with Crippen molar-refractivity contribution in [3.8, 4) is 0 Å². The van der Waals surface area contributed by atoms with Crippen molar-refractivity contribution in [3.63, 3.8) is 0 Å². The summed E-state index contributed by atoms with van der Waals surface area (Å²) >= 11 is 0. The fraction of sp³-hybridized carbons (Fsp3) is 1.00. The molecule has 3 nitrogen and oxygen atoms in total. The lowest BCUT2D eigenvalue weighted by Crippen LogP contribution is -2.44. The minimum absolute atomic E-state index is 0.136. The van der Waals surface area contributed by atoms with Crippen molar-refractivity contribution < 1.29 is 10.2 Å². The predicted molar refractivity (Wildman–Crippen MR) is 78.0 cm³/mol. The quantitative estimate of drug-likeness (QED) is 0.805. The minimum atomic E-state index is -0.460. The smallest absolute Gasteiger partial charge is 0.0774 e. The van der Waals surface area contributed by atoms with Gasteiger partial charge in [0, 0.05) is 13.1 Å². The first-order valence-corrected chi connectivity index (χ1v) is 8.11. The SMILES string of the molecule is CCC1CCC(O)C(CN(C)CC2(O)CCCC2)C1. The summed E-state index contributed by atoms with van der Waals surface area (Å²) in [5.41, 5.74) is -0.460. The molecule has 2 rings (SSSR count). The Morgan fingerprint density at radius 2 is 1.89 bits per heavy atom. The minimum Gasteiger partial charge on any atom is -0.393 e. The predicted octanol–water partition coefficient (Wildman–Crippen LogP) is 2.41. The standard InChI is InChI=1S/C16H31NO2/c1-3-13-6-7-15(18)14(10-13)11-17(2)12-16(19)8-4-5-9-16/h13-15,18-19H,3-12H2,1-2H3. The Morgan fingerprint density at radius 3 is 2.53 bits per heavy atom. The van der Waals surface area contributed by atoms with Crippen molar-refractivity contribution in [2.24, 2.45) is 11.8 Å². The maximum absolute atomic E-state index is 10.5. The number of hydrogen-bond donors (Lipinski definition) is 2. The monoisotopic (exact) mass is 269 g/mol. The average Bonchev–Trinajstić information content (AvgIpc) is 2.78. The Hall–Kier alpha value is -0.120. The van der Waals surface area contributed by atoms with Gasteiger partial charge >= 0.3 is 0 Å². The lowest BCUT2D eigenvalue weighted by Gasteiger charge is -2.37. The average molecular weight is 269 g/mol. The molecule has 3 unspecified atom stereocenters. The van der Waals surface area contributed by atoms with Crippen molar-refractivity contribution in [2.75, 3.05) is 20.1 Å². The second-order valence-corrected chi connectivity index (χ2v) is 7.04. The van der Waals surface area contributed by atoms with E-state index in [1.54, 1.807) is 0 Å². The molecule has 0 heterocycles. The van der Waals surface area contributed by atoms with Crippen LogP contribution in [0.5, 0.6) is 0 Å². The second kappa shape index (κ2) is 6.55. The highest BCUT2D eigenvalue weighted by Gasteiger charge is 2.34. The summed E-state index contributed by atoms with van der Waals surface area (Å²) in [5, 5.41) is 20.6. The van der Waals surface area contributed by atoms with E-state index >= 15 is 0 Å². The van der Waals surface area contributed by atoms with Gasteiger partial charge in [-0.25, -0.2) is 0 Å². The summed E-state index contributed by atoms with van der Waals surface area (Å²) in [6.45, 7) is 3.96. The van der Waals surface area contributed by atoms with Crippen LogP contribution in [0.4, 0.5) is 0 Å². The maximum atomic E-state index is 10.5. The van der Waals surface area contributed by atoms with Crippen molar-refractivity contribution >= 4 is 0 Å². The van der Waals surface area contributed by atoms with Gasteiger partial charge in [-0.05, 0) is 51.0 Å². The molecule has 0 aromatic heterocycles. The lowest BCUT2D eigenvalue weighted by molar-refractivity contribution is -0.00889. The van der Waals surface area contributed by atoms with Crippen LogP contribution in [0.25, 0.3) is 0 Å². The van der Waals surface area contributed by atoms with Gasteiger partial charge in [0.25, 0.3) is 0 Å². The van der Waals surface area contributed by atoms with Crippen molar-refractivity contribution in [1.29, 1.82) is 0 Å². The van der Waals surface area contributed by atoms with Gasteiger partial charge in [0.15, 0.2) is 0 Å². The number of nitrogens with zero attached hydrogens (tertiary/aromatic N) is 1. The van der Waals surface area contributed by atoms with Gasteiger partial charge < -0.3 is 15.1 Å². The van der Waals surface area contributed by atoms with E-state index < -0.39 is 5.60 Å². The summed E-state index contributed by atoms with van der Waals surface area (Å²) in [6.07, 6.45) is 8.61. The van der Waals surface area contributed by atoms with E-state index in [2.05, 4.69) is 18.9 Å². The molecular weight excluding hydrogens is 238 g/mol. The second-order valence-electron chi connectivity index (χ2n) is 7.04. The number of rotatable bonds is 5. The van der Waals surface area contributed by atoms with E-state index in [9.17, 15) is 10.2 Å². The molecule has 3 heteroatoms. The van der Waals surface area contributed by atoms with Crippen molar-refractivity contribution in [2.45, 2.75) is 70.0 Å². The topological polar surface area (TPSA) is 43.7 Å². The van der Waals surface area contributed by atoms with E-state index in [-0.39, 0.29) is 6.10 Å². The molecule has 0 saturated heterocycles. The van der Waals surface area contributed by atoms with Crippen LogP contribution in [0.2, 0.25) is 0 Å². The third kappa shape index (κ3) is 4.17. The van der Waals surface area contributed by atoms with Crippen molar-refractivity contribution in [1.82, 2.24) is 4.90 Å². The van der Waals surface area contributed by atoms with Crippen LogP contribution in [0.15, 0.2) is 0 Å². The summed E-state index contributed by atoms with van der Waals surface area (Å²) in [7, 11) is 2.10. The molecular formula is C16H31NO2. The largest absolute Gasteiger partial charge is 0.393 e. The zero-order chi connectivity index (χ0) is 13.9. The molecule has 0 aromatic rings. The molecule has 2 saturated carbocycles. The Kier molecular flexibility index (Phi) is 5.27. The van der Waals surface area contributed by atoms with Crippen LogP contribution >= 0.6 is 0 Å². The van der Waals surface area contributed by atoms with Gasteiger partial charge in [-0.15, -0.1) is 0 Å². The number of likely N-dealkylation sites (N-methyl/N-ethyl adjacent to an activating group) is 1. The third-order valence-corrected chi connectivity index (χ3v) is 5.27. The van der Waals surface area contributed by atoms with Gasteiger partial charge in [0.05, 0.1) is 11.7 Å². The number of hydrogen-bond acceptors (Lipinski definition) is 3. The van der Waals surface area contributed by atoms with E-state index in [1.807, 2.05) is 0 Å². The van der Waals surface area contributed by atoms with E-state index in [1.165, 1.54) is 12.8 Å². The molecule has 2 aliphatic rings. The molecule has 0 spiro atoms. The van der Waals surface area contributed by atoms with E-state index in [0.717, 1.165) is 57.5 Å².